The van der Waals surface area contributed by atoms with Gasteiger partial charge in [-0.25, -0.2) is 0 Å². The third kappa shape index (κ3) is 5.15. The number of benzene rings is 3. The standard InChI is InChI=1S/C26H17Cl2N3O3S/c1-34-22-10-6-5-9-21(22)30-24(32)19(15-29)26-31(18-7-3-2-4-8-18)25(33)23(35-26)13-16-11-12-17(27)14-20(16)28/h2-14H,1H3,(H,30,32)/b23-13+,26-19-. The number of rotatable bonds is 5. The lowest BCUT2D eigenvalue weighted by Gasteiger charge is -2.09. The molecule has 35 heavy (non-hydrogen) atoms. The summed E-state index contributed by atoms with van der Waals surface area (Å²) < 4.78 is 7.11. The number of nitriles is 1. The summed E-state index contributed by atoms with van der Waals surface area (Å²) in [5.74, 6) is -0.227. The molecule has 1 N–H and O–H groups in total. The summed E-state index contributed by atoms with van der Waals surface area (Å²) in [5, 5.41) is 13.5. The Bertz CT molecular complexity index is 1640. The molecule has 4 aromatic rings. The van der Waals surface area contributed by atoms with Gasteiger partial charge in [-0.1, -0.05) is 59.6 Å². The first kappa shape index (κ1) is 24.3. The van der Waals surface area contributed by atoms with Crippen LogP contribution in [0.5, 0.6) is 5.75 Å². The molecule has 1 heterocycles. The van der Waals surface area contributed by atoms with Crippen molar-refractivity contribution >= 4 is 57.8 Å². The third-order valence-corrected chi connectivity index (χ3v) is 6.65. The number of hydrogen-bond donors (Lipinski definition) is 1. The lowest BCUT2D eigenvalue weighted by atomic mass is 10.2. The van der Waals surface area contributed by atoms with E-state index in [-0.39, 0.29) is 15.8 Å². The zero-order chi connectivity index (χ0) is 24.9. The normalized spacial score (nSPS) is 12.1. The number of ether oxygens (including phenoxy) is 1. The van der Waals surface area contributed by atoms with E-state index in [0.29, 0.717) is 37.3 Å². The van der Waals surface area contributed by atoms with Gasteiger partial charge < -0.3 is 10.1 Å². The molecule has 0 atom stereocenters. The summed E-state index contributed by atoms with van der Waals surface area (Å²) in [5.41, 5.74) is 0.892. The molecule has 1 aromatic heterocycles. The van der Waals surface area contributed by atoms with E-state index in [1.807, 2.05) is 12.1 Å². The van der Waals surface area contributed by atoms with Crippen molar-refractivity contribution < 1.29 is 9.53 Å². The largest absolute Gasteiger partial charge is 0.495 e. The average molecular weight is 522 g/mol. The van der Waals surface area contributed by atoms with Crippen LogP contribution in [-0.4, -0.2) is 17.6 Å². The Morgan fingerprint density at radius 3 is 2.49 bits per heavy atom. The Morgan fingerprint density at radius 2 is 1.80 bits per heavy atom. The second kappa shape index (κ2) is 10.6. The zero-order valence-electron chi connectivity index (χ0n) is 18.3. The van der Waals surface area contributed by atoms with Crippen LogP contribution >= 0.6 is 34.5 Å². The Balaban J connectivity index is 1.96. The second-order valence-electron chi connectivity index (χ2n) is 7.20. The first-order valence-corrected chi connectivity index (χ1v) is 11.8. The van der Waals surface area contributed by atoms with Crippen molar-refractivity contribution in [2.45, 2.75) is 0 Å². The average Bonchev–Trinajstić information content (AvgIpc) is 3.17. The Morgan fingerprint density at radius 1 is 1.09 bits per heavy atom. The minimum atomic E-state index is -0.668. The molecule has 6 nitrogen and oxygen atoms in total. The first-order valence-electron chi connectivity index (χ1n) is 10.3. The van der Waals surface area contributed by atoms with Crippen LogP contribution in [0.15, 0.2) is 77.6 Å². The van der Waals surface area contributed by atoms with E-state index in [4.69, 9.17) is 27.9 Å². The zero-order valence-corrected chi connectivity index (χ0v) is 20.6. The molecule has 0 unspecified atom stereocenters. The maximum atomic E-state index is 13.5. The van der Waals surface area contributed by atoms with Gasteiger partial charge in [0.05, 0.1) is 23.0 Å². The number of methoxy groups -OCH3 is 1. The fraction of sp³-hybridized carbons (Fsp3) is 0.0385. The fourth-order valence-corrected chi connectivity index (χ4v) is 4.91. The molecule has 0 fully saturated rings. The van der Waals surface area contributed by atoms with Gasteiger partial charge in [0.25, 0.3) is 11.5 Å². The predicted octanol–water partition coefficient (Wildman–Crippen LogP) is 4.36. The topological polar surface area (TPSA) is 84.1 Å². The van der Waals surface area contributed by atoms with Gasteiger partial charge >= 0.3 is 0 Å². The molecule has 0 aliphatic carbocycles. The molecule has 3 aromatic carbocycles. The number of halogens is 2. The van der Waals surface area contributed by atoms with Crippen molar-refractivity contribution in [3.63, 3.8) is 0 Å². The number of hydrogen-bond acceptors (Lipinski definition) is 5. The van der Waals surface area contributed by atoms with Crippen LogP contribution in [0.4, 0.5) is 5.69 Å². The molecule has 4 rings (SSSR count). The van der Waals surface area contributed by atoms with Crippen LogP contribution in [0.25, 0.3) is 17.3 Å². The van der Waals surface area contributed by atoms with Crippen LogP contribution in [-0.2, 0) is 4.79 Å². The van der Waals surface area contributed by atoms with Gasteiger partial charge in [-0.05, 0) is 48.0 Å². The summed E-state index contributed by atoms with van der Waals surface area (Å²) >= 11 is 13.3. The molecule has 0 spiro atoms. The highest BCUT2D eigenvalue weighted by Crippen LogP contribution is 2.24. The molecule has 0 bridgehead atoms. The molecule has 0 saturated carbocycles. The first-order chi connectivity index (χ1) is 16.9. The Hall–Kier alpha value is -3.83. The quantitative estimate of drug-likeness (QED) is 0.423. The van der Waals surface area contributed by atoms with Crippen LogP contribution in [0.2, 0.25) is 10.0 Å². The van der Waals surface area contributed by atoms with E-state index in [1.165, 1.54) is 11.7 Å². The molecule has 0 saturated heterocycles. The van der Waals surface area contributed by atoms with Crippen LogP contribution in [0.3, 0.4) is 0 Å². The highest BCUT2D eigenvalue weighted by Gasteiger charge is 2.18. The molecule has 174 valence electrons. The van der Waals surface area contributed by atoms with E-state index in [0.717, 1.165) is 11.3 Å². The minimum Gasteiger partial charge on any atom is -0.495 e. The number of aromatic nitrogens is 1. The second-order valence-corrected chi connectivity index (χ2v) is 9.07. The van der Waals surface area contributed by atoms with Crippen LogP contribution < -0.4 is 24.8 Å². The van der Waals surface area contributed by atoms with Gasteiger partial charge in [0.2, 0.25) is 0 Å². The lowest BCUT2D eigenvalue weighted by Crippen LogP contribution is -2.32. The Labute approximate surface area is 214 Å². The maximum Gasteiger partial charge on any atom is 0.273 e. The molecule has 0 radical (unpaired) electrons. The van der Waals surface area contributed by atoms with Crippen LogP contribution in [0.1, 0.15) is 5.56 Å². The predicted molar refractivity (Wildman–Crippen MR) is 140 cm³/mol. The number of anilines is 1. The number of para-hydroxylation sites is 3. The molecule has 0 aliphatic heterocycles. The van der Waals surface area contributed by atoms with Gasteiger partial charge in [0.1, 0.15) is 16.5 Å². The van der Waals surface area contributed by atoms with Gasteiger partial charge in [-0.2, -0.15) is 5.26 Å². The number of nitrogens with one attached hydrogen (secondary N) is 1. The van der Waals surface area contributed by atoms with Gasteiger partial charge in [0.15, 0.2) is 5.57 Å². The maximum absolute atomic E-state index is 13.5. The highest BCUT2D eigenvalue weighted by molar-refractivity contribution is 7.07. The molecular weight excluding hydrogens is 505 g/mol. The number of thiazole rings is 1. The van der Waals surface area contributed by atoms with Crippen molar-refractivity contribution in [2.75, 3.05) is 12.4 Å². The smallest absolute Gasteiger partial charge is 0.273 e. The Kier molecular flexibility index (Phi) is 7.37. The van der Waals surface area contributed by atoms with Gasteiger partial charge in [-0.3, -0.25) is 14.2 Å². The minimum absolute atomic E-state index is 0.187. The summed E-state index contributed by atoms with van der Waals surface area (Å²) in [6.07, 6.45) is 1.61. The van der Waals surface area contributed by atoms with Crippen molar-refractivity contribution in [1.82, 2.24) is 4.57 Å². The van der Waals surface area contributed by atoms with E-state index in [2.05, 4.69) is 5.32 Å². The number of amides is 1. The number of carbonyl (C=O) groups excluding carboxylic acids is 1. The molecule has 9 heteroatoms. The van der Waals surface area contributed by atoms with Crippen molar-refractivity contribution in [3.05, 3.63) is 108 Å². The third-order valence-electron chi connectivity index (χ3n) is 4.99. The lowest BCUT2D eigenvalue weighted by molar-refractivity contribution is -0.111. The fourth-order valence-electron chi connectivity index (χ4n) is 3.35. The van der Waals surface area contributed by atoms with Crippen molar-refractivity contribution in [2.24, 2.45) is 0 Å². The van der Waals surface area contributed by atoms with Crippen molar-refractivity contribution in [1.29, 1.82) is 5.26 Å². The summed E-state index contributed by atoms with van der Waals surface area (Å²) in [6.45, 7) is 0. The van der Waals surface area contributed by atoms with Crippen LogP contribution in [0, 0.1) is 11.3 Å². The van der Waals surface area contributed by atoms with Gasteiger partial charge in [0, 0.05) is 10.0 Å². The monoisotopic (exact) mass is 521 g/mol. The highest BCUT2D eigenvalue weighted by atomic mass is 35.5. The summed E-state index contributed by atoms with van der Waals surface area (Å²) in [6, 6.07) is 22.5. The summed E-state index contributed by atoms with van der Waals surface area (Å²) in [7, 11) is 1.48. The molecule has 0 aliphatic rings. The van der Waals surface area contributed by atoms with Crippen molar-refractivity contribution in [3.8, 4) is 17.5 Å². The van der Waals surface area contributed by atoms with E-state index in [1.54, 1.807) is 72.8 Å². The van der Waals surface area contributed by atoms with E-state index < -0.39 is 5.91 Å². The van der Waals surface area contributed by atoms with E-state index >= 15 is 0 Å². The molecular formula is C26H17Cl2N3O3S. The number of carbonyl (C=O) groups is 1. The number of nitrogens with zero attached hydrogens (tertiary/aromatic N) is 2. The molecule has 1 amide bonds. The SMILES string of the molecule is COc1ccccc1NC(=O)/C(C#N)=c1\s/c(=C/c2ccc(Cl)cc2Cl)c(=O)n1-c1ccccc1. The van der Waals surface area contributed by atoms with Gasteiger partial charge in [-0.15, -0.1) is 11.3 Å². The summed E-state index contributed by atoms with van der Waals surface area (Å²) in [4.78, 5) is 26.7. The van der Waals surface area contributed by atoms with E-state index in [9.17, 15) is 14.9 Å².